The number of sulfone groups is 1. The normalized spacial score (nSPS) is 27.2. The van der Waals surface area contributed by atoms with Gasteiger partial charge in [-0.25, -0.2) is 13.4 Å². The first-order chi connectivity index (χ1) is 12.4. The first kappa shape index (κ1) is 17.8. The van der Waals surface area contributed by atoms with Crippen molar-refractivity contribution in [2.45, 2.75) is 30.0 Å². The third-order valence-corrected chi connectivity index (χ3v) is 7.81. The Morgan fingerprint density at radius 1 is 1.12 bits per heavy atom. The molecule has 2 amide bonds. The maximum absolute atomic E-state index is 12.7. The molecule has 0 bridgehead atoms. The Balaban J connectivity index is 1.47. The van der Waals surface area contributed by atoms with Gasteiger partial charge >= 0.3 is 0 Å². The van der Waals surface area contributed by atoms with Crippen LogP contribution in [0.15, 0.2) is 29.4 Å². The van der Waals surface area contributed by atoms with Crippen LogP contribution in [0.2, 0.25) is 0 Å². The van der Waals surface area contributed by atoms with E-state index in [1.54, 1.807) is 16.0 Å². The average Bonchev–Trinajstić information content (AvgIpc) is 3.41. The molecule has 0 unspecified atom stereocenters. The second-order valence-electron chi connectivity index (χ2n) is 7.06. The number of fused-ring (bicyclic) bond motifs is 1. The van der Waals surface area contributed by atoms with E-state index in [-0.39, 0.29) is 35.0 Å². The fraction of sp³-hybridized carbons (Fsp3) is 0.588. The van der Waals surface area contributed by atoms with Crippen molar-refractivity contribution >= 4 is 33.4 Å². The Labute approximate surface area is 157 Å². The van der Waals surface area contributed by atoms with Gasteiger partial charge in [0, 0.05) is 25.2 Å². The van der Waals surface area contributed by atoms with E-state index < -0.39 is 21.9 Å². The Kier molecular flexibility index (Phi) is 4.68. The number of amides is 2. The highest BCUT2D eigenvalue weighted by molar-refractivity contribution is 7.99. The Morgan fingerprint density at radius 3 is 2.46 bits per heavy atom. The van der Waals surface area contributed by atoms with Crippen LogP contribution in [0.1, 0.15) is 12.8 Å². The fourth-order valence-corrected chi connectivity index (χ4v) is 6.48. The standard InChI is InChI=1S/C17H21N3O4S2/c21-16(9-25-15-3-1-2-6-18-15)19-7-8-20(17(22)12-4-5-12)14-11-26(23,24)10-13(14)19/h1-3,6,12-14H,4-5,7-11H2/t13-,14+/m0/s1. The molecule has 0 N–H and O–H groups in total. The summed E-state index contributed by atoms with van der Waals surface area (Å²) in [7, 11) is -3.24. The van der Waals surface area contributed by atoms with Crippen LogP contribution in [0.4, 0.5) is 0 Å². The van der Waals surface area contributed by atoms with E-state index in [2.05, 4.69) is 4.98 Å². The Bertz CT molecular complexity index is 811. The molecule has 4 rings (SSSR count). The maximum Gasteiger partial charge on any atom is 0.233 e. The molecule has 1 aromatic heterocycles. The SMILES string of the molecule is O=C(C1CC1)N1CCN(C(=O)CSc2ccccn2)[C@H]2CS(=O)(=O)C[C@H]21. The summed E-state index contributed by atoms with van der Waals surface area (Å²) in [4.78, 5) is 32.8. The predicted molar refractivity (Wildman–Crippen MR) is 97.3 cm³/mol. The van der Waals surface area contributed by atoms with E-state index in [1.807, 2.05) is 18.2 Å². The molecule has 7 nitrogen and oxygen atoms in total. The summed E-state index contributed by atoms with van der Waals surface area (Å²) in [6.45, 7) is 0.822. The molecule has 0 spiro atoms. The molecule has 9 heteroatoms. The van der Waals surface area contributed by atoms with Gasteiger partial charge in [-0.2, -0.15) is 0 Å². The van der Waals surface area contributed by atoms with Crippen molar-refractivity contribution in [3.8, 4) is 0 Å². The van der Waals surface area contributed by atoms with E-state index in [0.717, 1.165) is 17.9 Å². The molecule has 2 aliphatic heterocycles. The molecule has 2 atom stereocenters. The second-order valence-corrected chi connectivity index (χ2v) is 10.2. The van der Waals surface area contributed by atoms with Gasteiger partial charge in [0.2, 0.25) is 11.8 Å². The number of carbonyl (C=O) groups excluding carboxylic acids is 2. The summed E-state index contributed by atoms with van der Waals surface area (Å²) < 4.78 is 24.4. The van der Waals surface area contributed by atoms with Crippen LogP contribution < -0.4 is 0 Å². The number of carbonyl (C=O) groups is 2. The quantitative estimate of drug-likeness (QED) is 0.687. The van der Waals surface area contributed by atoms with Gasteiger partial charge < -0.3 is 9.80 Å². The van der Waals surface area contributed by atoms with E-state index in [4.69, 9.17) is 0 Å². The zero-order chi connectivity index (χ0) is 18.3. The van der Waals surface area contributed by atoms with E-state index in [0.29, 0.717) is 13.1 Å². The molecule has 140 valence electrons. The first-order valence-corrected chi connectivity index (χ1v) is 11.6. The van der Waals surface area contributed by atoms with Crippen LogP contribution in [-0.4, -0.2) is 77.4 Å². The van der Waals surface area contributed by atoms with Gasteiger partial charge in [0.05, 0.1) is 34.4 Å². The number of nitrogens with zero attached hydrogens (tertiary/aromatic N) is 3. The van der Waals surface area contributed by atoms with Gasteiger partial charge in [0.15, 0.2) is 9.84 Å². The zero-order valence-electron chi connectivity index (χ0n) is 14.3. The summed E-state index contributed by atoms with van der Waals surface area (Å²) >= 11 is 1.35. The third kappa shape index (κ3) is 3.59. The minimum Gasteiger partial charge on any atom is -0.335 e. The number of aromatic nitrogens is 1. The fourth-order valence-electron chi connectivity index (χ4n) is 3.75. The van der Waals surface area contributed by atoms with Crippen LogP contribution in [0.5, 0.6) is 0 Å². The maximum atomic E-state index is 12.7. The van der Waals surface area contributed by atoms with Crippen molar-refractivity contribution in [2.24, 2.45) is 5.92 Å². The number of pyridine rings is 1. The molecule has 0 radical (unpaired) electrons. The number of hydrogen-bond donors (Lipinski definition) is 0. The monoisotopic (exact) mass is 395 g/mol. The smallest absolute Gasteiger partial charge is 0.233 e. The molecule has 26 heavy (non-hydrogen) atoms. The summed E-state index contributed by atoms with van der Waals surface area (Å²) in [6, 6.07) is 4.70. The number of piperazine rings is 1. The highest BCUT2D eigenvalue weighted by atomic mass is 32.2. The molecular formula is C17H21N3O4S2. The molecular weight excluding hydrogens is 374 g/mol. The minimum atomic E-state index is -3.24. The lowest BCUT2D eigenvalue weighted by Crippen LogP contribution is -2.62. The van der Waals surface area contributed by atoms with Gasteiger partial charge in [-0.05, 0) is 25.0 Å². The largest absolute Gasteiger partial charge is 0.335 e. The summed E-state index contributed by atoms with van der Waals surface area (Å²) in [5, 5.41) is 0.763. The van der Waals surface area contributed by atoms with Crippen LogP contribution in [0.25, 0.3) is 0 Å². The highest BCUT2D eigenvalue weighted by Crippen LogP contribution is 2.35. The Hall–Kier alpha value is -1.61. The number of rotatable bonds is 4. The van der Waals surface area contributed by atoms with Gasteiger partial charge in [0.1, 0.15) is 0 Å². The average molecular weight is 396 g/mol. The van der Waals surface area contributed by atoms with Crippen molar-refractivity contribution in [3.63, 3.8) is 0 Å². The molecule has 0 aromatic carbocycles. The van der Waals surface area contributed by atoms with E-state index in [9.17, 15) is 18.0 Å². The van der Waals surface area contributed by atoms with Crippen molar-refractivity contribution in [2.75, 3.05) is 30.3 Å². The topological polar surface area (TPSA) is 87.7 Å². The lowest BCUT2D eigenvalue weighted by Gasteiger charge is -2.44. The highest BCUT2D eigenvalue weighted by Gasteiger charge is 2.50. The predicted octanol–water partition coefficient (Wildman–Crippen LogP) is 0.420. The van der Waals surface area contributed by atoms with Gasteiger partial charge in [-0.15, -0.1) is 0 Å². The zero-order valence-corrected chi connectivity index (χ0v) is 15.9. The summed E-state index contributed by atoms with van der Waals surface area (Å²) in [5.41, 5.74) is 0. The lowest BCUT2D eigenvalue weighted by molar-refractivity contribution is -0.144. The van der Waals surface area contributed by atoms with E-state index in [1.165, 1.54) is 11.8 Å². The first-order valence-electron chi connectivity index (χ1n) is 8.79. The van der Waals surface area contributed by atoms with Crippen LogP contribution in [-0.2, 0) is 19.4 Å². The molecule has 2 saturated heterocycles. The summed E-state index contributed by atoms with van der Waals surface area (Å²) in [6.07, 6.45) is 3.46. The van der Waals surface area contributed by atoms with Gasteiger partial charge in [0.25, 0.3) is 0 Å². The van der Waals surface area contributed by atoms with Crippen LogP contribution in [0.3, 0.4) is 0 Å². The van der Waals surface area contributed by atoms with Gasteiger partial charge in [-0.1, -0.05) is 17.8 Å². The van der Waals surface area contributed by atoms with Crippen molar-refractivity contribution in [3.05, 3.63) is 24.4 Å². The van der Waals surface area contributed by atoms with Crippen molar-refractivity contribution in [1.29, 1.82) is 0 Å². The molecule has 3 aliphatic rings. The molecule has 1 saturated carbocycles. The third-order valence-electron chi connectivity index (χ3n) is 5.19. The van der Waals surface area contributed by atoms with Gasteiger partial charge in [-0.3, -0.25) is 9.59 Å². The van der Waals surface area contributed by atoms with Crippen LogP contribution >= 0.6 is 11.8 Å². The number of thioether (sulfide) groups is 1. The van der Waals surface area contributed by atoms with Crippen molar-refractivity contribution < 1.29 is 18.0 Å². The van der Waals surface area contributed by atoms with Crippen molar-refractivity contribution in [1.82, 2.24) is 14.8 Å². The van der Waals surface area contributed by atoms with E-state index >= 15 is 0 Å². The molecule has 1 aliphatic carbocycles. The molecule has 1 aromatic rings. The lowest BCUT2D eigenvalue weighted by atomic mass is 10.0. The minimum absolute atomic E-state index is 0.0344. The Morgan fingerprint density at radius 2 is 1.81 bits per heavy atom. The number of hydrogen-bond acceptors (Lipinski definition) is 6. The second kappa shape index (κ2) is 6.84. The van der Waals surface area contributed by atoms with Crippen LogP contribution in [0, 0.1) is 5.92 Å². The molecule has 3 heterocycles. The molecule has 3 fully saturated rings. The summed E-state index contributed by atoms with van der Waals surface area (Å²) in [5.74, 6) is 0.162.